The Morgan fingerprint density at radius 3 is 3.00 bits per heavy atom. The molecule has 0 radical (unpaired) electrons. The highest BCUT2D eigenvalue weighted by atomic mass is 32.1. The monoisotopic (exact) mass is 386 g/mol. The molecule has 7 heteroatoms. The molecule has 1 amide bonds. The van der Waals surface area contributed by atoms with E-state index in [0.29, 0.717) is 5.92 Å². The van der Waals surface area contributed by atoms with E-state index < -0.39 is 0 Å². The Kier molecular flexibility index (Phi) is 4.53. The van der Waals surface area contributed by atoms with Gasteiger partial charge in [-0.05, 0) is 55.7 Å². The van der Waals surface area contributed by atoms with Gasteiger partial charge in [0.2, 0.25) is 0 Å². The van der Waals surface area contributed by atoms with Crippen LogP contribution in [0.5, 0.6) is 0 Å². The number of aromatic amines is 1. The molecule has 2 aliphatic heterocycles. The van der Waals surface area contributed by atoms with Gasteiger partial charge in [-0.15, -0.1) is 11.3 Å². The minimum atomic E-state index is -0.197. The summed E-state index contributed by atoms with van der Waals surface area (Å²) >= 11 is 1.66. The molecule has 1 saturated carbocycles. The zero-order valence-electron chi connectivity index (χ0n) is 15.5. The number of amides is 1. The number of aromatic nitrogens is 2. The summed E-state index contributed by atoms with van der Waals surface area (Å²) in [5.74, 6) is 0.797. The number of fused-ring (bicyclic) bond motifs is 2. The number of ether oxygens (including phenoxy) is 1. The number of hydrogen-bond acceptors (Lipinski definition) is 5. The number of nitrogens with zero attached hydrogens (tertiary/aromatic N) is 2. The van der Waals surface area contributed by atoms with E-state index in [1.54, 1.807) is 17.5 Å². The average Bonchev–Trinajstić information content (AvgIpc) is 3.16. The predicted octanol–water partition coefficient (Wildman–Crippen LogP) is 2.68. The highest BCUT2D eigenvalue weighted by Gasteiger charge is 2.42. The Balaban J connectivity index is 1.28. The van der Waals surface area contributed by atoms with E-state index in [1.165, 1.54) is 23.3 Å². The number of carbonyl (C=O) groups is 1. The predicted molar refractivity (Wildman–Crippen MR) is 104 cm³/mol. The zero-order valence-corrected chi connectivity index (χ0v) is 16.3. The van der Waals surface area contributed by atoms with Gasteiger partial charge in [0.15, 0.2) is 0 Å². The van der Waals surface area contributed by atoms with Crippen LogP contribution in [-0.2, 0) is 23.3 Å². The van der Waals surface area contributed by atoms with Crippen molar-refractivity contribution in [3.05, 3.63) is 39.3 Å². The summed E-state index contributed by atoms with van der Waals surface area (Å²) < 4.78 is 6.35. The lowest BCUT2D eigenvalue weighted by atomic mass is 9.85. The molecular formula is C20H26N4O2S. The van der Waals surface area contributed by atoms with Crippen molar-refractivity contribution in [1.82, 2.24) is 20.4 Å². The highest BCUT2D eigenvalue weighted by Crippen LogP contribution is 2.45. The van der Waals surface area contributed by atoms with Crippen LogP contribution in [0.15, 0.2) is 18.3 Å². The maximum absolute atomic E-state index is 12.5. The molecular weight excluding hydrogens is 360 g/mol. The molecule has 0 unspecified atom stereocenters. The molecule has 2 aromatic rings. The van der Waals surface area contributed by atoms with E-state index in [2.05, 4.69) is 26.5 Å². The van der Waals surface area contributed by atoms with Crippen molar-refractivity contribution in [2.45, 2.75) is 44.2 Å². The zero-order chi connectivity index (χ0) is 18.3. The van der Waals surface area contributed by atoms with Gasteiger partial charge in [0.1, 0.15) is 5.60 Å². The normalized spacial score (nSPS) is 21.9. The van der Waals surface area contributed by atoms with Crippen molar-refractivity contribution in [3.8, 4) is 0 Å². The van der Waals surface area contributed by atoms with E-state index in [1.807, 2.05) is 6.07 Å². The first-order valence-corrected chi connectivity index (χ1v) is 10.8. The Morgan fingerprint density at radius 1 is 1.41 bits per heavy atom. The van der Waals surface area contributed by atoms with Crippen molar-refractivity contribution in [2.75, 3.05) is 26.2 Å². The molecule has 2 N–H and O–H groups in total. The third-order valence-electron chi connectivity index (χ3n) is 6.06. The largest absolute Gasteiger partial charge is 0.369 e. The first kappa shape index (κ1) is 17.4. The summed E-state index contributed by atoms with van der Waals surface area (Å²) in [6.45, 7) is 4.49. The number of piperidine rings is 1. The van der Waals surface area contributed by atoms with Crippen molar-refractivity contribution in [1.29, 1.82) is 0 Å². The van der Waals surface area contributed by atoms with Crippen LogP contribution in [-0.4, -0.2) is 47.2 Å². The van der Waals surface area contributed by atoms with Crippen molar-refractivity contribution < 1.29 is 9.53 Å². The second kappa shape index (κ2) is 7.04. The van der Waals surface area contributed by atoms with Gasteiger partial charge in [0.25, 0.3) is 5.91 Å². The van der Waals surface area contributed by atoms with Crippen LogP contribution >= 0.6 is 11.3 Å². The van der Waals surface area contributed by atoms with Crippen LogP contribution < -0.4 is 5.32 Å². The van der Waals surface area contributed by atoms with Gasteiger partial charge in [-0.3, -0.25) is 14.8 Å². The van der Waals surface area contributed by atoms with E-state index in [4.69, 9.17) is 4.74 Å². The van der Waals surface area contributed by atoms with Gasteiger partial charge in [0, 0.05) is 42.9 Å². The van der Waals surface area contributed by atoms with Gasteiger partial charge in [-0.25, -0.2) is 0 Å². The second-order valence-corrected chi connectivity index (χ2v) is 9.12. The third-order valence-corrected chi connectivity index (χ3v) is 7.42. The SMILES string of the molecule is O=C(NCC1CC1)c1cc2c(s1)C1(CCN(Cc3ccn[nH]3)CC1)OCC2. The van der Waals surface area contributed by atoms with Crippen molar-refractivity contribution in [3.63, 3.8) is 0 Å². The molecule has 2 fully saturated rings. The maximum atomic E-state index is 12.5. The van der Waals surface area contributed by atoms with E-state index in [-0.39, 0.29) is 11.5 Å². The molecule has 1 aliphatic carbocycles. The first-order chi connectivity index (χ1) is 13.2. The second-order valence-electron chi connectivity index (χ2n) is 8.07. The third kappa shape index (κ3) is 3.56. The Morgan fingerprint density at radius 2 is 2.26 bits per heavy atom. The number of carbonyl (C=O) groups excluding carboxylic acids is 1. The summed E-state index contributed by atoms with van der Waals surface area (Å²) in [7, 11) is 0. The molecule has 0 aromatic carbocycles. The molecule has 1 spiro atoms. The van der Waals surface area contributed by atoms with Crippen LogP contribution in [0.4, 0.5) is 0 Å². The van der Waals surface area contributed by atoms with Crippen LogP contribution in [0.3, 0.4) is 0 Å². The minimum Gasteiger partial charge on any atom is -0.369 e. The van der Waals surface area contributed by atoms with Gasteiger partial charge in [-0.2, -0.15) is 5.10 Å². The molecule has 27 heavy (non-hydrogen) atoms. The van der Waals surface area contributed by atoms with Crippen LogP contribution in [0.25, 0.3) is 0 Å². The fraction of sp³-hybridized carbons (Fsp3) is 0.600. The molecule has 6 nitrogen and oxygen atoms in total. The summed E-state index contributed by atoms with van der Waals surface area (Å²) in [5, 5.41) is 10.2. The molecule has 0 bridgehead atoms. The lowest BCUT2D eigenvalue weighted by molar-refractivity contribution is -0.0961. The first-order valence-electron chi connectivity index (χ1n) is 9.98. The Hall–Kier alpha value is -1.70. The fourth-order valence-corrected chi connectivity index (χ4v) is 5.56. The van der Waals surface area contributed by atoms with Crippen LogP contribution in [0.2, 0.25) is 0 Å². The molecule has 5 rings (SSSR count). The smallest absolute Gasteiger partial charge is 0.261 e. The summed E-state index contributed by atoms with van der Waals surface area (Å²) in [5.41, 5.74) is 2.28. The van der Waals surface area contributed by atoms with Gasteiger partial charge in [-0.1, -0.05) is 0 Å². The van der Waals surface area contributed by atoms with E-state index in [9.17, 15) is 4.79 Å². The minimum absolute atomic E-state index is 0.0909. The van der Waals surface area contributed by atoms with E-state index in [0.717, 1.165) is 62.6 Å². The lowest BCUT2D eigenvalue weighted by Gasteiger charge is -2.43. The number of rotatable bonds is 5. The van der Waals surface area contributed by atoms with Gasteiger partial charge >= 0.3 is 0 Å². The Labute approximate surface area is 163 Å². The Bertz CT molecular complexity index is 804. The molecule has 0 atom stereocenters. The van der Waals surface area contributed by atoms with Crippen LogP contribution in [0, 0.1) is 5.92 Å². The standard InChI is InChI=1S/C20H26N4O2S/c25-19(21-12-14-1-2-14)17-11-15-4-10-26-20(18(15)27-17)5-8-24(9-6-20)13-16-3-7-22-23-16/h3,7,11,14H,1-2,4-6,8-10,12-13H2,(H,21,25)(H,22,23). The summed E-state index contributed by atoms with van der Waals surface area (Å²) in [6, 6.07) is 4.15. The number of nitrogens with one attached hydrogen (secondary N) is 2. The maximum Gasteiger partial charge on any atom is 0.261 e. The summed E-state index contributed by atoms with van der Waals surface area (Å²) in [6.07, 6.45) is 7.20. The highest BCUT2D eigenvalue weighted by molar-refractivity contribution is 7.14. The average molecular weight is 387 g/mol. The fourth-order valence-electron chi connectivity index (χ4n) is 4.24. The number of hydrogen-bond donors (Lipinski definition) is 2. The molecule has 144 valence electrons. The lowest BCUT2D eigenvalue weighted by Crippen LogP contribution is -2.45. The molecule has 1 saturated heterocycles. The van der Waals surface area contributed by atoms with E-state index >= 15 is 0 Å². The topological polar surface area (TPSA) is 70.2 Å². The number of H-pyrrole nitrogens is 1. The summed E-state index contributed by atoms with van der Waals surface area (Å²) in [4.78, 5) is 17.1. The van der Waals surface area contributed by atoms with Crippen LogP contribution in [0.1, 0.15) is 51.5 Å². The quantitative estimate of drug-likeness (QED) is 0.829. The van der Waals surface area contributed by atoms with Gasteiger partial charge < -0.3 is 10.1 Å². The van der Waals surface area contributed by atoms with Crippen molar-refractivity contribution >= 4 is 17.2 Å². The molecule has 4 heterocycles. The molecule has 3 aliphatic rings. The number of thiophene rings is 1. The number of likely N-dealkylation sites (tertiary alicyclic amines) is 1. The van der Waals surface area contributed by atoms with Gasteiger partial charge in [0.05, 0.1) is 11.5 Å². The van der Waals surface area contributed by atoms with Crippen molar-refractivity contribution in [2.24, 2.45) is 5.92 Å². The molecule has 2 aromatic heterocycles.